The van der Waals surface area contributed by atoms with Gasteiger partial charge in [-0.25, -0.2) is 13.6 Å². The van der Waals surface area contributed by atoms with E-state index in [9.17, 15) is 18.4 Å². The maximum Gasteiger partial charge on any atom is 0.335 e. The summed E-state index contributed by atoms with van der Waals surface area (Å²) in [6, 6.07) is 12.6. The Kier molecular flexibility index (Phi) is 12.9. The monoisotopic (exact) mass is 527 g/mol. The zero-order valence-corrected chi connectivity index (χ0v) is 22.0. The number of carboxylic acids is 1. The molecular formula is C29H35F2N3O4. The molecule has 1 saturated heterocycles. The van der Waals surface area contributed by atoms with Crippen molar-refractivity contribution in [3.8, 4) is 5.75 Å². The number of aromatic nitrogens is 1. The summed E-state index contributed by atoms with van der Waals surface area (Å²) in [5.74, 6) is -1.85. The number of pyridine rings is 1. The molecule has 0 radical (unpaired) electrons. The Balaban J connectivity index is 0.000000252. The number of anilines is 1. The van der Waals surface area contributed by atoms with Gasteiger partial charge in [0.15, 0.2) is 0 Å². The van der Waals surface area contributed by atoms with E-state index in [1.165, 1.54) is 6.20 Å². The molecule has 9 heteroatoms. The third kappa shape index (κ3) is 10.3. The molecule has 1 amide bonds. The van der Waals surface area contributed by atoms with Gasteiger partial charge in [0.25, 0.3) is 5.91 Å². The second-order valence-corrected chi connectivity index (χ2v) is 8.38. The van der Waals surface area contributed by atoms with Gasteiger partial charge in [0.05, 0.1) is 24.1 Å². The lowest BCUT2D eigenvalue weighted by Crippen LogP contribution is -2.35. The number of hydrogen-bond donors (Lipinski definition) is 2. The molecule has 2 N–H and O–H groups in total. The Labute approximate surface area is 222 Å². The van der Waals surface area contributed by atoms with E-state index >= 15 is 0 Å². The van der Waals surface area contributed by atoms with E-state index in [0.29, 0.717) is 30.0 Å². The summed E-state index contributed by atoms with van der Waals surface area (Å²) in [5.41, 5.74) is 0.659. The van der Waals surface area contributed by atoms with Crippen molar-refractivity contribution in [2.45, 2.75) is 33.6 Å². The van der Waals surface area contributed by atoms with Crippen molar-refractivity contribution in [1.29, 1.82) is 0 Å². The summed E-state index contributed by atoms with van der Waals surface area (Å²) in [6.45, 7) is 10.3. The first kappa shape index (κ1) is 30.4. The van der Waals surface area contributed by atoms with Crippen molar-refractivity contribution in [2.75, 3.05) is 31.6 Å². The maximum atomic E-state index is 12.9. The van der Waals surface area contributed by atoms with E-state index < -0.39 is 23.5 Å². The molecule has 3 aromatic rings. The normalized spacial score (nSPS) is 13.3. The van der Waals surface area contributed by atoms with Crippen molar-refractivity contribution in [3.63, 3.8) is 0 Å². The van der Waals surface area contributed by atoms with Crippen LogP contribution in [0.1, 0.15) is 54.3 Å². The SMILES string of the molecule is CC.CCN1CCC(COc2cccc(C(=O)O)c2)CC1.O=C(Nc1cccnc1)c1cc(F)cc(F)c1. The quantitative estimate of drug-likeness (QED) is 0.384. The number of rotatable bonds is 7. The first-order chi connectivity index (χ1) is 18.3. The minimum absolute atomic E-state index is 0.0775. The second-order valence-electron chi connectivity index (χ2n) is 8.38. The van der Waals surface area contributed by atoms with Crippen LogP contribution in [-0.2, 0) is 0 Å². The molecule has 0 spiro atoms. The topological polar surface area (TPSA) is 91.8 Å². The average molecular weight is 528 g/mol. The molecule has 38 heavy (non-hydrogen) atoms. The Bertz CT molecular complexity index is 1130. The smallest absolute Gasteiger partial charge is 0.335 e. The molecule has 1 aliphatic rings. The molecule has 0 bridgehead atoms. The summed E-state index contributed by atoms with van der Waals surface area (Å²) < 4.78 is 31.5. The first-order valence-corrected chi connectivity index (χ1v) is 12.7. The average Bonchev–Trinajstić information content (AvgIpc) is 2.94. The van der Waals surface area contributed by atoms with Gasteiger partial charge in [0.1, 0.15) is 17.4 Å². The third-order valence-electron chi connectivity index (χ3n) is 5.77. The molecule has 0 atom stereocenters. The predicted molar refractivity (Wildman–Crippen MR) is 144 cm³/mol. The van der Waals surface area contributed by atoms with E-state index in [-0.39, 0.29) is 11.1 Å². The molecule has 1 aliphatic heterocycles. The van der Waals surface area contributed by atoms with Crippen LogP contribution in [-0.4, -0.2) is 53.1 Å². The van der Waals surface area contributed by atoms with Gasteiger partial charge in [0, 0.05) is 17.8 Å². The van der Waals surface area contributed by atoms with E-state index in [0.717, 1.165) is 44.6 Å². The molecule has 7 nitrogen and oxygen atoms in total. The minimum Gasteiger partial charge on any atom is -0.493 e. The van der Waals surface area contributed by atoms with Crippen molar-refractivity contribution < 1.29 is 28.2 Å². The fourth-order valence-corrected chi connectivity index (χ4v) is 3.73. The van der Waals surface area contributed by atoms with Gasteiger partial charge in [-0.2, -0.15) is 0 Å². The number of carbonyl (C=O) groups excluding carboxylic acids is 1. The fraction of sp³-hybridized carbons (Fsp3) is 0.345. The van der Waals surface area contributed by atoms with Gasteiger partial charge >= 0.3 is 5.97 Å². The molecule has 0 saturated carbocycles. The number of aromatic carboxylic acids is 1. The number of piperidine rings is 1. The zero-order valence-electron chi connectivity index (χ0n) is 22.0. The molecule has 4 rings (SSSR count). The molecule has 2 aromatic carbocycles. The van der Waals surface area contributed by atoms with Crippen LogP contribution >= 0.6 is 0 Å². The zero-order chi connectivity index (χ0) is 27.9. The number of ether oxygens (including phenoxy) is 1. The fourth-order valence-electron chi connectivity index (χ4n) is 3.73. The molecule has 2 heterocycles. The summed E-state index contributed by atoms with van der Waals surface area (Å²) in [7, 11) is 0. The Morgan fingerprint density at radius 2 is 1.71 bits per heavy atom. The number of halogens is 2. The molecule has 0 unspecified atom stereocenters. The minimum atomic E-state index is -0.915. The Morgan fingerprint density at radius 1 is 1.03 bits per heavy atom. The molecule has 0 aliphatic carbocycles. The Hall–Kier alpha value is -3.85. The van der Waals surface area contributed by atoms with E-state index in [1.54, 1.807) is 36.5 Å². The lowest BCUT2D eigenvalue weighted by atomic mass is 9.98. The highest BCUT2D eigenvalue weighted by atomic mass is 19.1. The number of benzene rings is 2. The van der Waals surface area contributed by atoms with E-state index in [4.69, 9.17) is 9.84 Å². The van der Waals surface area contributed by atoms with Crippen LogP contribution in [0.3, 0.4) is 0 Å². The largest absolute Gasteiger partial charge is 0.493 e. The van der Waals surface area contributed by atoms with Gasteiger partial charge in [-0.15, -0.1) is 0 Å². The third-order valence-corrected chi connectivity index (χ3v) is 5.77. The highest BCUT2D eigenvalue weighted by molar-refractivity contribution is 6.04. The van der Waals surface area contributed by atoms with Gasteiger partial charge in [-0.05, 0) is 80.9 Å². The van der Waals surface area contributed by atoms with Gasteiger partial charge in [-0.3, -0.25) is 9.78 Å². The van der Waals surface area contributed by atoms with Crippen LogP contribution in [0.4, 0.5) is 14.5 Å². The van der Waals surface area contributed by atoms with Crippen molar-refractivity contribution in [3.05, 3.63) is 89.8 Å². The summed E-state index contributed by atoms with van der Waals surface area (Å²) >= 11 is 0. The number of likely N-dealkylation sites (tertiary alicyclic amines) is 1. The van der Waals surface area contributed by atoms with Crippen LogP contribution in [0.5, 0.6) is 5.75 Å². The van der Waals surface area contributed by atoms with Crippen molar-refractivity contribution >= 4 is 17.6 Å². The first-order valence-electron chi connectivity index (χ1n) is 12.7. The number of amides is 1. The standard InChI is InChI=1S/C15H21NO3.C12H8F2N2O.C2H6/c1-2-16-8-6-12(7-9-16)11-19-14-5-3-4-13(10-14)15(17)18;13-9-4-8(5-10(14)6-9)12(17)16-11-2-1-3-15-7-11;1-2/h3-5,10,12H,2,6-9,11H2,1H3,(H,17,18);1-7H,(H,16,17);1-2H3. The second kappa shape index (κ2) is 16.1. The summed E-state index contributed by atoms with van der Waals surface area (Å²) in [6.07, 6.45) is 5.31. The van der Waals surface area contributed by atoms with Crippen molar-refractivity contribution in [2.24, 2.45) is 5.92 Å². The summed E-state index contributed by atoms with van der Waals surface area (Å²) in [5, 5.41) is 11.4. The molecule has 204 valence electrons. The summed E-state index contributed by atoms with van der Waals surface area (Å²) in [4.78, 5) is 28.8. The number of nitrogens with zero attached hydrogens (tertiary/aromatic N) is 2. The number of nitrogens with one attached hydrogen (secondary N) is 1. The van der Waals surface area contributed by atoms with Crippen LogP contribution < -0.4 is 10.1 Å². The van der Waals surface area contributed by atoms with E-state index in [1.807, 2.05) is 19.9 Å². The van der Waals surface area contributed by atoms with Gasteiger partial charge in [0.2, 0.25) is 0 Å². The van der Waals surface area contributed by atoms with Crippen LogP contribution in [0.25, 0.3) is 0 Å². The van der Waals surface area contributed by atoms with E-state index in [2.05, 4.69) is 22.1 Å². The van der Waals surface area contributed by atoms with Crippen LogP contribution in [0.2, 0.25) is 0 Å². The highest BCUT2D eigenvalue weighted by Crippen LogP contribution is 2.20. The highest BCUT2D eigenvalue weighted by Gasteiger charge is 2.18. The predicted octanol–water partition coefficient (Wildman–Crippen LogP) is 6.13. The number of carboxylic acid groups (broad SMARTS) is 1. The lowest BCUT2D eigenvalue weighted by molar-refractivity contribution is 0.0696. The molecule has 1 fully saturated rings. The number of carbonyl (C=O) groups is 2. The van der Waals surface area contributed by atoms with Crippen molar-refractivity contribution in [1.82, 2.24) is 9.88 Å². The van der Waals surface area contributed by atoms with Crippen LogP contribution in [0.15, 0.2) is 67.0 Å². The van der Waals surface area contributed by atoms with Gasteiger partial charge < -0.3 is 20.1 Å². The molecular weight excluding hydrogens is 492 g/mol. The lowest BCUT2D eigenvalue weighted by Gasteiger charge is -2.30. The van der Waals surface area contributed by atoms with Crippen LogP contribution in [0, 0.1) is 17.6 Å². The molecule has 1 aromatic heterocycles. The van der Waals surface area contributed by atoms with Gasteiger partial charge in [-0.1, -0.05) is 26.8 Å². The maximum absolute atomic E-state index is 12.9. The number of hydrogen-bond acceptors (Lipinski definition) is 5. The Morgan fingerprint density at radius 3 is 2.29 bits per heavy atom.